The lowest BCUT2D eigenvalue weighted by atomic mass is 10.1. The lowest BCUT2D eigenvalue weighted by molar-refractivity contribution is -0.0549. The van der Waals surface area contributed by atoms with Crippen molar-refractivity contribution in [3.8, 4) is 0 Å². The van der Waals surface area contributed by atoms with Gasteiger partial charge in [0.1, 0.15) is 48.3 Å². The fraction of sp³-hybridized carbons (Fsp3) is 0.526. The van der Waals surface area contributed by atoms with Gasteiger partial charge in [-0.1, -0.05) is 0 Å². The molecule has 2 fully saturated rings. The minimum absolute atomic E-state index is 0.0537. The van der Waals surface area contributed by atoms with E-state index in [0.717, 1.165) is 4.57 Å². The predicted octanol–water partition coefficient (Wildman–Crippen LogP) is -3.51. The summed E-state index contributed by atoms with van der Waals surface area (Å²) in [5.41, 5.74) is 11.4. The van der Waals surface area contributed by atoms with Gasteiger partial charge in [-0.3, -0.25) is 9.13 Å². The lowest BCUT2D eigenvalue weighted by Crippen LogP contribution is -2.36. The molecule has 2 aliphatic heterocycles. The molecule has 16 heteroatoms. The van der Waals surface area contributed by atoms with Crippen molar-refractivity contribution in [3.63, 3.8) is 0 Å². The molecule has 0 saturated carbocycles. The summed E-state index contributed by atoms with van der Waals surface area (Å²) in [7, 11) is 0. The van der Waals surface area contributed by atoms with E-state index in [2.05, 4.69) is 19.9 Å². The maximum Gasteiger partial charge on any atom is 0.351 e. The van der Waals surface area contributed by atoms with E-state index in [1.54, 1.807) is 10.9 Å². The number of nitrogens with zero attached hydrogens (tertiary/aromatic N) is 6. The van der Waals surface area contributed by atoms with Gasteiger partial charge in [0.2, 0.25) is 0 Å². The van der Waals surface area contributed by atoms with E-state index >= 15 is 0 Å². The van der Waals surface area contributed by atoms with Gasteiger partial charge >= 0.3 is 5.69 Å². The smallest absolute Gasteiger partial charge is 0.351 e. The number of ether oxygens (including phenoxy) is 2. The van der Waals surface area contributed by atoms with Gasteiger partial charge in [0.25, 0.3) is 0 Å². The Morgan fingerprint density at radius 1 is 1.00 bits per heavy atom. The van der Waals surface area contributed by atoms with Gasteiger partial charge in [-0.2, -0.15) is 4.98 Å². The second-order valence-corrected chi connectivity index (χ2v) is 7.97. The number of imidazole rings is 1. The van der Waals surface area contributed by atoms with E-state index in [1.165, 1.54) is 18.6 Å². The van der Waals surface area contributed by atoms with Crippen LogP contribution >= 0.6 is 0 Å². The van der Waals surface area contributed by atoms with Gasteiger partial charge in [-0.25, -0.2) is 19.7 Å². The van der Waals surface area contributed by atoms with Gasteiger partial charge in [-0.05, 0) is 6.07 Å². The number of hydrogen-bond acceptors (Lipinski definition) is 14. The molecule has 7 atom stereocenters. The molecule has 0 unspecified atom stereocenters. The average molecular weight is 494 g/mol. The summed E-state index contributed by atoms with van der Waals surface area (Å²) in [6.45, 7) is -0.673. The first-order valence-electron chi connectivity index (χ1n) is 10.6. The Morgan fingerprint density at radius 2 is 1.74 bits per heavy atom. The van der Waals surface area contributed by atoms with Crippen LogP contribution in [-0.2, 0) is 9.47 Å². The number of rotatable bonds is 4. The molecule has 2 saturated heterocycles. The second kappa shape index (κ2) is 10.2. The molecule has 0 aliphatic carbocycles. The number of aromatic nitrogens is 6. The minimum Gasteiger partial charge on any atom is -0.394 e. The van der Waals surface area contributed by atoms with Crippen LogP contribution in [0.4, 0.5) is 11.6 Å². The Kier molecular flexibility index (Phi) is 7.22. The number of fused-ring (bicyclic) bond motifs is 1. The molecule has 5 heterocycles. The Balaban J connectivity index is 0.000000165. The van der Waals surface area contributed by atoms with Gasteiger partial charge in [-0.15, -0.1) is 0 Å². The van der Waals surface area contributed by atoms with Crippen molar-refractivity contribution in [1.29, 1.82) is 0 Å². The molecule has 3 aromatic rings. The maximum atomic E-state index is 11.5. The quantitative estimate of drug-likeness (QED) is 0.186. The zero-order valence-electron chi connectivity index (χ0n) is 18.3. The van der Waals surface area contributed by atoms with Crippen LogP contribution in [0.5, 0.6) is 0 Å². The van der Waals surface area contributed by atoms with Gasteiger partial charge in [0.05, 0.1) is 25.6 Å². The highest BCUT2D eigenvalue weighted by atomic mass is 16.6. The third-order valence-electron chi connectivity index (χ3n) is 5.72. The Labute approximate surface area is 197 Å². The van der Waals surface area contributed by atoms with Gasteiger partial charge < -0.3 is 46.5 Å². The van der Waals surface area contributed by atoms with Crippen molar-refractivity contribution in [3.05, 3.63) is 35.4 Å². The van der Waals surface area contributed by atoms with Gasteiger partial charge in [0, 0.05) is 12.6 Å². The van der Waals surface area contributed by atoms with Crippen molar-refractivity contribution in [2.75, 3.05) is 24.7 Å². The molecule has 3 aromatic heterocycles. The third-order valence-corrected chi connectivity index (χ3v) is 5.72. The van der Waals surface area contributed by atoms with Crippen LogP contribution in [-0.4, -0.2) is 98.3 Å². The molecule has 0 radical (unpaired) electrons. The summed E-state index contributed by atoms with van der Waals surface area (Å²) < 4.78 is 13.4. The molecule has 0 bridgehead atoms. The molecule has 16 nitrogen and oxygen atoms in total. The Hall–Kier alpha value is -3.25. The first kappa shape index (κ1) is 24.9. The zero-order chi connectivity index (χ0) is 25.3. The molecular weight excluding hydrogens is 468 g/mol. The van der Waals surface area contributed by atoms with Crippen LogP contribution in [0, 0.1) is 0 Å². The minimum atomic E-state index is -1.31. The normalized spacial score (nSPS) is 30.4. The number of nitrogens with two attached hydrogens (primary N) is 2. The molecule has 0 amide bonds. The van der Waals surface area contributed by atoms with Gasteiger partial charge in [0.15, 0.2) is 17.7 Å². The molecule has 9 N–H and O–H groups in total. The standard InChI is InChI=1S/C10H13N5O3.C9H13N3O5/c11-9-8-10(13-3-12-9)15(4-14-8)7-1-5(17)6(2-16)18-7;10-5-1-2-12(9(16)11-5)8-7(15)6(14)4(3-13)17-8/h3-7,16-17H,1-2H2,(H2,11,12,13);1-2,4,6-8,13-15H,3H2,(H2,10,11,16)/t5-,6+,7+;4-,6-,7-,8-/m01/s1. The molecule has 190 valence electrons. The fourth-order valence-electron chi connectivity index (χ4n) is 3.86. The largest absolute Gasteiger partial charge is 0.394 e. The van der Waals surface area contributed by atoms with Crippen molar-refractivity contribution >= 4 is 22.8 Å². The highest BCUT2D eigenvalue weighted by Crippen LogP contribution is 2.31. The second-order valence-electron chi connectivity index (χ2n) is 7.97. The van der Waals surface area contributed by atoms with Crippen LogP contribution in [0.2, 0.25) is 0 Å². The summed E-state index contributed by atoms with van der Waals surface area (Å²) in [6, 6.07) is 1.37. The van der Waals surface area contributed by atoms with Crippen molar-refractivity contribution < 1.29 is 35.0 Å². The van der Waals surface area contributed by atoms with E-state index in [1.807, 2.05) is 0 Å². The van der Waals surface area contributed by atoms with Crippen molar-refractivity contribution in [2.24, 2.45) is 0 Å². The summed E-state index contributed by atoms with van der Waals surface area (Å²) in [5.74, 6) is 0.356. The predicted molar refractivity (Wildman–Crippen MR) is 117 cm³/mol. The Morgan fingerprint density at radius 3 is 2.37 bits per heavy atom. The summed E-state index contributed by atoms with van der Waals surface area (Å²) in [5, 5.41) is 46.9. The van der Waals surface area contributed by atoms with Crippen molar-refractivity contribution in [2.45, 2.75) is 49.4 Å². The average Bonchev–Trinajstić information content (AvgIpc) is 3.51. The Bertz CT molecular complexity index is 1220. The summed E-state index contributed by atoms with van der Waals surface area (Å²) in [6.07, 6.45) is -1.67. The van der Waals surface area contributed by atoms with Crippen LogP contribution in [0.15, 0.2) is 29.7 Å². The highest BCUT2D eigenvalue weighted by molar-refractivity contribution is 5.81. The molecule has 5 rings (SSSR count). The number of nitrogen functional groups attached to an aromatic ring is 2. The SMILES string of the molecule is Nc1ccn([C@@H]2O[C@H](CO)[C@@H](O)[C@H]2O)c(=O)n1.Nc1ncnc2c1ncn2[C@H]1C[C@H](O)[C@@H](CO)O1. The summed E-state index contributed by atoms with van der Waals surface area (Å²) >= 11 is 0. The molecular formula is C19H26N8O8. The third kappa shape index (κ3) is 4.80. The van der Waals surface area contributed by atoms with Crippen LogP contribution in [0.3, 0.4) is 0 Å². The molecule has 0 aromatic carbocycles. The number of anilines is 2. The van der Waals surface area contributed by atoms with E-state index in [0.29, 0.717) is 23.4 Å². The topological polar surface area (TPSA) is 250 Å². The molecule has 0 spiro atoms. The monoisotopic (exact) mass is 494 g/mol. The number of aliphatic hydroxyl groups is 5. The number of hydrogen-bond donors (Lipinski definition) is 7. The first-order chi connectivity index (χ1) is 16.7. The fourth-order valence-corrected chi connectivity index (χ4v) is 3.86. The van der Waals surface area contributed by atoms with Crippen LogP contribution < -0.4 is 17.2 Å². The maximum absolute atomic E-state index is 11.5. The van der Waals surface area contributed by atoms with Crippen molar-refractivity contribution in [1.82, 2.24) is 29.1 Å². The zero-order valence-corrected chi connectivity index (χ0v) is 18.3. The molecule has 2 aliphatic rings. The molecule has 35 heavy (non-hydrogen) atoms. The van der Waals surface area contributed by atoms with E-state index in [-0.39, 0.29) is 12.4 Å². The van der Waals surface area contributed by atoms with E-state index in [9.17, 15) is 20.1 Å². The summed E-state index contributed by atoms with van der Waals surface area (Å²) in [4.78, 5) is 27.1. The lowest BCUT2D eigenvalue weighted by Gasteiger charge is -2.16. The number of aliphatic hydroxyl groups excluding tert-OH is 5. The first-order valence-corrected chi connectivity index (χ1v) is 10.6. The van der Waals surface area contributed by atoms with E-state index < -0.39 is 55.3 Å². The highest BCUT2D eigenvalue weighted by Gasteiger charge is 2.43. The van der Waals surface area contributed by atoms with Crippen LogP contribution in [0.25, 0.3) is 11.2 Å². The van der Waals surface area contributed by atoms with Crippen LogP contribution in [0.1, 0.15) is 18.9 Å². The van der Waals surface area contributed by atoms with E-state index in [4.69, 9.17) is 31.2 Å².